The van der Waals surface area contributed by atoms with Crippen LogP contribution in [0.25, 0.3) is 0 Å². The van der Waals surface area contributed by atoms with Crippen molar-refractivity contribution in [1.29, 1.82) is 0 Å². The van der Waals surface area contributed by atoms with Crippen molar-refractivity contribution in [3.63, 3.8) is 0 Å². The van der Waals surface area contributed by atoms with Gasteiger partial charge in [-0.3, -0.25) is 9.10 Å². The number of halogens is 2. The van der Waals surface area contributed by atoms with Gasteiger partial charge in [0.1, 0.15) is 11.6 Å². The van der Waals surface area contributed by atoms with Crippen molar-refractivity contribution in [2.45, 2.75) is 19.5 Å². The molecule has 1 N–H and O–H groups in total. The van der Waals surface area contributed by atoms with Crippen molar-refractivity contribution in [1.82, 2.24) is 5.32 Å². The van der Waals surface area contributed by atoms with Crippen molar-refractivity contribution in [3.05, 3.63) is 94.2 Å². The van der Waals surface area contributed by atoms with Gasteiger partial charge in [-0.2, -0.15) is 0 Å². The van der Waals surface area contributed by atoms with Gasteiger partial charge in [-0.15, -0.1) is 0 Å². The SMILES string of the molecule is C[C@H](NC(=O)COc1ccc(N(Cc2ccccc2F)S(C)(=O)=O)cc1)c1ccc(Br)cc1. The molecular formula is C24H24BrFN2O4S. The normalized spacial score (nSPS) is 12.1. The van der Waals surface area contributed by atoms with Crippen molar-refractivity contribution in [3.8, 4) is 5.75 Å². The van der Waals surface area contributed by atoms with Gasteiger partial charge in [-0.05, 0) is 55.0 Å². The Bertz CT molecular complexity index is 1200. The van der Waals surface area contributed by atoms with Crippen LogP contribution >= 0.6 is 15.9 Å². The number of anilines is 1. The maximum Gasteiger partial charge on any atom is 0.258 e. The first-order valence-corrected chi connectivity index (χ1v) is 12.8. The number of sulfonamides is 1. The van der Waals surface area contributed by atoms with Gasteiger partial charge < -0.3 is 10.1 Å². The van der Waals surface area contributed by atoms with E-state index in [0.29, 0.717) is 11.4 Å². The van der Waals surface area contributed by atoms with Crippen molar-refractivity contribution < 1.29 is 22.3 Å². The maximum atomic E-state index is 14.0. The third-order valence-corrected chi connectivity index (χ3v) is 6.58. The Hall–Kier alpha value is -2.91. The highest BCUT2D eigenvalue weighted by Gasteiger charge is 2.19. The zero-order valence-corrected chi connectivity index (χ0v) is 20.6. The minimum atomic E-state index is -3.66. The second-order valence-corrected chi connectivity index (χ2v) is 10.3. The summed E-state index contributed by atoms with van der Waals surface area (Å²) in [6, 6.07) is 19.7. The van der Waals surface area contributed by atoms with Crippen LogP contribution in [0.15, 0.2) is 77.3 Å². The molecule has 0 aliphatic rings. The van der Waals surface area contributed by atoms with Crippen molar-refractivity contribution in [2.24, 2.45) is 0 Å². The highest BCUT2D eigenvalue weighted by atomic mass is 79.9. The van der Waals surface area contributed by atoms with Crippen LogP contribution in [0.3, 0.4) is 0 Å². The molecule has 0 fully saturated rings. The molecule has 0 unspecified atom stereocenters. The topological polar surface area (TPSA) is 75.7 Å². The largest absolute Gasteiger partial charge is 0.484 e. The van der Waals surface area contributed by atoms with Crippen LogP contribution in [0, 0.1) is 5.82 Å². The molecule has 174 valence electrons. The number of carbonyl (C=O) groups excluding carboxylic acids is 1. The zero-order valence-electron chi connectivity index (χ0n) is 18.2. The van der Waals surface area contributed by atoms with E-state index in [2.05, 4.69) is 21.2 Å². The molecule has 0 saturated carbocycles. The van der Waals surface area contributed by atoms with Gasteiger partial charge in [0.25, 0.3) is 5.91 Å². The maximum absolute atomic E-state index is 14.0. The van der Waals surface area contributed by atoms with Gasteiger partial charge >= 0.3 is 0 Å². The lowest BCUT2D eigenvalue weighted by atomic mass is 10.1. The number of hydrogen-bond acceptors (Lipinski definition) is 4. The quantitative estimate of drug-likeness (QED) is 0.427. The Morgan fingerprint density at radius 1 is 1.06 bits per heavy atom. The molecule has 0 saturated heterocycles. The fraction of sp³-hybridized carbons (Fsp3) is 0.208. The molecule has 6 nitrogen and oxygen atoms in total. The molecule has 0 radical (unpaired) electrons. The number of nitrogens with zero attached hydrogens (tertiary/aromatic N) is 1. The average molecular weight is 535 g/mol. The summed E-state index contributed by atoms with van der Waals surface area (Å²) in [5, 5.41) is 2.87. The Labute approximate surface area is 201 Å². The van der Waals surface area contributed by atoms with Crippen molar-refractivity contribution in [2.75, 3.05) is 17.2 Å². The summed E-state index contributed by atoms with van der Waals surface area (Å²) in [6.07, 6.45) is 1.06. The molecule has 9 heteroatoms. The lowest BCUT2D eigenvalue weighted by Gasteiger charge is -2.23. The summed E-state index contributed by atoms with van der Waals surface area (Å²) in [6.45, 7) is 1.55. The lowest BCUT2D eigenvalue weighted by Crippen LogP contribution is -2.31. The molecule has 3 rings (SSSR count). The van der Waals surface area contributed by atoms with Crippen LogP contribution in [0.5, 0.6) is 5.75 Å². The van der Waals surface area contributed by atoms with E-state index in [0.717, 1.165) is 20.6 Å². The van der Waals surface area contributed by atoms with Gasteiger partial charge in [0.15, 0.2) is 6.61 Å². The first-order valence-electron chi connectivity index (χ1n) is 10.1. The van der Waals surface area contributed by atoms with Crippen LogP contribution in [0.4, 0.5) is 10.1 Å². The fourth-order valence-corrected chi connectivity index (χ4v) is 4.30. The highest BCUT2D eigenvalue weighted by molar-refractivity contribution is 9.10. The number of amides is 1. The predicted octanol–water partition coefficient (Wildman–Crippen LogP) is 4.81. The number of nitrogens with one attached hydrogen (secondary N) is 1. The van der Waals surface area contributed by atoms with Gasteiger partial charge in [0, 0.05) is 10.0 Å². The Morgan fingerprint density at radius 2 is 1.70 bits per heavy atom. The summed E-state index contributed by atoms with van der Waals surface area (Å²) in [4.78, 5) is 12.2. The standard InChI is InChI=1S/C24H24BrFN2O4S/c1-17(18-7-9-20(25)10-8-18)27-24(29)16-32-22-13-11-21(12-14-22)28(33(2,30)31)15-19-5-3-4-6-23(19)26/h3-14,17H,15-16H2,1-2H3,(H,27,29)/t17-/m0/s1. The van der Waals surface area contributed by atoms with Crippen LogP contribution in [-0.2, 0) is 21.4 Å². The highest BCUT2D eigenvalue weighted by Crippen LogP contribution is 2.24. The zero-order chi connectivity index (χ0) is 24.0. The molecule has 0 aliphatic heterocycles. The van der Waals surface area contributed by atoms with Crippen LogP contribution in [0.2, 0.25) is 0 Å². The molecule has 1 amide bonds. The smallest absolute Gasteiger partial charge is 0.258 e. The van der Waals surface area contributed by atoms with Gasteiger partial charge in [-0.25, -0.2) is 12.8 Å². The Balaban J connectivity index is 1.61. The number of benzene rings is 3. The molecule has 0 aromatic heterocycles. The first kappa shape index (κ1) is 24.7. The van der Waals surface area contributed by atoms with Crippen LogP contribution < -0.4 is 14.4 Å². The third kappa shape index (κ3) is 7.03. The van der Waals surface area contributed by atoms with Crippen molar-refractivity contribution >= 4 is 37.5 Å². The first-order chi connectivity index (χ1) is 15.6. The Kier molecular flexibility index (Phi) is 8.10. The summed E-state index contributed by atoms with van der Waals surface area (Å²) < 4.78 is 46.2. The minimum Gasteiger partial charge on any atom is -0.484 e. The molecular weight excluding hydrogens is 511 g/mol. The summed E-state index contributed by atoms with van der Waals surface area (Å²) in [5.74, 6) is -0.356. The van der Waals surface area contributed by atoms with E-state index in [1.165, 1.54) is 6.07 Å². The molecule has 1 atom stereocenters. The predicted molar refractivity (Wildman–Crippen MR) is 130 cm³/mol. The second kappa shape index (κ2) is 10.8. The number of ether oxygens (including phenoxy) is 1. The summed E-state index contributed by atoms with van der Waals surface area (Å²) in [7, 11) is -3.66. The van der Waals surface area contributed by atoms with E-state index in [9.17, 15) is 17.6 Å². The molecule has 0 bridgehead atoms. The molecule has 0 spiro atoms. The Morgan fingerprint density at radius 3 is 2.30 bits per heavy atom. The second-order valence-electron chi connectivity index (χ2n) is 7.48. The van der Waals surface area contributed by atoms with Gasteiger partial charge in [0.2, 0.25) is 10.0 Å². The monoisotopic (exact) mass is 534 g/mol. The lowest BCUT2D eigenvalue weighted by molar-refractivity contribution is -0.123. The minimum absolute atomic E-state index is 0.137. The fourth-order valence-electron chi connectivity index (χ4n) is 3.16. The number of hydrogen-bond donors (Lipinski definition) is 1. The van der Waals surface area contributed by atoms with E-state index in [1.54, 1.807) is 42.5 Å². The number of rotatable bonds is 9. The van der Waals surface area contributed by atoms with Crippen LogP contribution in [0.1, 0.15) is 24.1 Å². The van der Waals surface area contributed by atoms with E-state index in [4.69, 9.17) is 4.74 Å². The van der Waals surface area contributed by atoms with Gasteiger partial charge in [0.05, 0.1) is 24.5 Å². The molecule has 3 aromatic rings. The molecule has 0 aliphatic carbocycles. The van der Waals surface area contributed by atoms with Gasteiger partial charge in [-0.1, -0.05) is 46.3 Å². The van der Waals surface area contributed by atoms with E-state index in [-0.39, 0.29) is 30.7 Å². The number of carbonyl (C=O) groups is 1. The molecule has 3 aromatic carbocycles. The summed E-state index contributed by atoms with van der Waals surface area (Å²) in [5.41, 5.74) is 1.59. The summed E-state index contributed by atoms with van der Waals surface area (Å²) >= 11 is 3.38. The van der Waals surface area contributed by atoms with Crippen LogP contribution in [-0.4, -0.2) is 27.2 Å². The third-order valence-electron chi connectivity index (χ3n) is 4.91. The van der Waals surface area contributed by atoms with E-state index < -0.39 is 15.8 Å². The molecule has 0 heterocycles. The van der Waals surface area contributed by atoms with E-state index in [1.807, 2.05) is 31.2 Å². The van der Waals surface area contributed by atoms with E-state index >= 15 is 0 Å². The molecule has 33 heavy (non-hydrogen) atoms. The average Bonchev–Trinajstić information content (AvgIpc) is 2.77.